The summed E-state index contributed by atoms with van der Waals surface area (Å²) in [4.78, 5) is 16.3. The third kappa shape index (κ3) is 1.28. The second-order valence-corrected chi connectivity index (χ2v) is 2.44. The molecular weight excluding hydrogens is 170 g/mol. The summed E-state index contributed by atoms with van der Waals surface area (Å²) >= 11 is 0. The highest BCUT2D eigenvalue weighted by atomic mass is 16.1. The number of guanidine groups is 1. The minimum atomic E-state index is -0.562. The summed E-state index contributed by atoms with van der Waals surface area (Å²) in [6.45, 7) is 0. The van der Waals surface area contributed by atoms with Gasteiger partial charge >= 0.3 is 0 Å². The second kappa shape index (κ2) is 2.74. The molecule has 2 heterocycles. The first-order chi connectivity index (χ1) is 6.27. The lowest BCUT2D eigenvalue weighted by atomic mass is 10.3. The SMILES string of the molecule is NC(=O)C1=NC2=NNC=CN2C=C1. The van der Waals surface area contributed by atoms with Crippen LogP contribution in [0.2, 0.25) is 0 Å². The van der Waals surface area contributed by atoms with Crippen LogP contribution < -0.4 is 11.2 Å². The number of nitrogens with two attached hydrogens (primary N) is 1. The summed E-state index contributed by atoms with van der Waals surface area (Å²) < 4.78 is 0. The van der Waals surface area contributed by atoms with E-state index in [1.54, 1.807) is 23.5 Å². The number of nitrogens with one attached hydrogen (secondary N) is 1. The standard InChI is InChI=1S/C7H7N5O/c8-6(13)5-1-3-12-4-2-9-11-7(12)10-5/h1-4,9H,(H2,8,13). The minimum Gasteiger partial charge on any atom is -0.364 e. The van der Waals surface area contributed by atoms with Crippen LogP contribution >= 0.6 is 0 Å². The zero-order chi connectivity index (χ0) is 9.26. The summed E-state index contributed by atoms with van der Waals surface area (Å²) in [5.41, 5.74) is 7.87. The van der Waals surface area contributed by atoms with Crippen molar-refractivity contribution in [2.75, 3.05) is 0 Å². The molecule has 0 saturated heterocycles. The topological polar surface area (TPSA) is 83.1 Å². The summed E-state index contributed by atoms with van der Waals surface area (Å²) in [6.07, 6.45) is 6.60. The van der Waals surface area contributed by atoms with E-state index in [4.69, 9.17) is 5.73 Å². The van der Waals surface area contributed by atoms with Crippen molar-refractivity contribution in [2.24, 2.45) is 15.8 Å². The number of hydrogen-bond acceptors (Lipinski definition) is 5. The number of primary amides is 1. The van der Waals surface area contributed by atoms with Crippen LogP contribution in [-0.4, -0.2) is 22.5 Å². The Labute approximate surface area is 74.1 Å². The zero-order valence-electron chi connectivity index (χ0n) is 6.64. The van der Waals surface area contributed by atoms with Crippen LogP contribution in [-0.2, 0) is 4.79 Å². The number of carbonyl (C=O) groups is 1. The Morgan fingerprint density at radius 3 is 3.15 bits per heavy atom. The predicted octanol–water partition coefficient (Wildman–Crippen LogP) is -0.913. The van der Waals surface area contributed by atoms with Gasteiger partial charge in [0.25, 0.3) is 11.9 Å². The molecule has 0 aromatic heterocycles. The molecule has 66 valence electrons. The number of nitrogens with zero attached hydrogens (tertiary/aromatic N) is 3. The van der Waals surface area contributed by atoms with Crippen molar-refractivity contribution in [1.82, 2.24) is 10.3 Å². The number of rotatable bonds is 1. The van der Waals surface area contributed by atoms with Crippen LogP contribution in [0.3, 0.4) is 0 Å². The van der Waals surface area contributed by atoms with Gasteiger partial charge in [0.1, 0.15) is 5.71 Å². The molecule has 2 rings (SSSR count). The molecule has 6 nitrogen and oxygen atoms in total. The Hall–Kier alpha value is -2.11. The van der Waals surface area contributed by atoms with Crippen molar-refractivity contribution in [3.63, 3.8) is 0 Å². The smallest absolute Gasteiger partial charge is 0.267 e. The maximum absolute atomic E-state index is 10.8. The normalized spacial score (nSPS) is 18.6. The molecule has 0 aromatic carbocycles. The molecule has 13 heavy (non-hydrogen) atoms. The summed E-state index contributed by atoms with van der Waals surface area (Å²) in [6, 6.07) is 0. The monoisotopic (exact) mass is 177 g/mol. The number of hydrogen-bond donors (Lipinski definition) is 2. The van der Waals surface area contributed by atoms with E-state index in [0.29, 0.717) is 5.96 Å². The van der Waals surface area contributed by atoms with Gasteiger partial charge in [-0.05, 0) is 6.08 Å². The number of hydrazone groups is 1. The molecule has 0 aliphatic carbocycles. The van der Waals surface area contributed by atoms with Gasteiger partial charge in [0.2, 0.25) is 0 Å². The summed E-state index contributed by atoms with van der Waals surface area (Å²) in [5, 5.41) is 3.84. The van der Waals surface area contributed by atoms with Crippen molar-refractivity contribution in [3.8, 4) is 0 Å². The van der Waals surface area contributed by atoms with Crippen LogP contribution in [0.25, 0.3) is 0 Å². The molecule has 0 unspecified atom stereocenters. The lowest BCUT2D eigenvalue weighted by Gasteiger charge is -2.20. The molecule has 1 amide bonds. The van der Waals surface area contributed by atoms with Gasteiger partial charge < -0.3 is 5.73 Å². The molecule has 2 aliphatic heterocycles. The van der Waals surface area contributed by atoms with E-state index in [0.717, 1.165) is 0 Å². The first-order valence-corrected chi connectivity index (χ1v) is 3.62. The van der Waals surface area contributed by atoms with Crippen molar-refractivity contribution >= 4 is 17.6 Å². The quantitative estimate of drug-likeness (QED) is 0.543. The first kappa shape index (κ1) is 7.53. The van der Waals surface area contributed by atoms with Crippen LogP contribution in [0.5, 0.6) is 0 Å². The Morgan fingerprint density at radius 2 is 2.38 bits per heavy atom. The first-order valence-electron chi connectivity index (χ1n) is 3.62. The Bertz CT molecular complexity index is 365. The molecule has 0 saturated carbocycles. The highest BCUT2D eigenvalue weighted by Gasteiger charge is 2.15. The third-order valence-electron chi connectivity index (χ3n) is 1.57. The number of carbonyl (C=O) groups excluding carboxylic acids is 1. The second-order valence-electron chi connectivity index (χ2n) is 2.44. The van der Waals surface area contributed by atoms with Crippen LogP contribution in [0.4, 0.5) is 0 Å². The molecule has 0 bridgehead atoms. The number of amides is 1. The van der Waals surface area contributed by atoms with E-state index >= 15 is 0 Å². The van der Waals surface area contributed by atoms with Gasteiger partial charge in [0, 0.05) is 18.6 Å². The maximum atomic E-state index is 10.8. The molecule has 6 heteroatoms. The van der Waals surface area contributed by atoms with Gasteiger partial charge in [-0.2, -0.15) is 0 Å². The largest absolute Gasteiger partial charge is 0.364 e. The molecular formula is C7H7N5O. The maximum Gasteiger partial charge on any atom is 0.267 e. The fourth-order valence-electron chi connectivity index (χ4n) is 0.965. The molecule has 0 spiro atoms. The van der Waals surface area contributed by atoms with E-state index in [2.05, 4.69) is 15.5 Å². The number of fused-ring (bicyclic) bond motifs is 1. The molecule has 0 aromatic rings. The molecule has 0 atom stereocenters. The average Bonchev–Trinajstić information content (AvgIpc) is 2.17. The zero-order valence-corrected chi connectivity index (χ0v) is 6.64. The molecule has 2 aliphatic rings. The van der Waals surface area contributed by atoms with E-state index in [1.807, 2.05) is 0 Å². The van der Waals surface area contributed by atoms with Crippen LogP contribution in [0, 0.1) is 0 Å². The van der Waals surface area contributed by atoms with Gasteiger partial charge in [-0.1, -0.05) is 0 Å². The van der Waals surface area contributed by atoms with Gasteiger partial charge in [0.05, 0.1) is 0 Å². The van der Waals surface area contributed by atoms with Crippen LogP contribution in [0.15, 0.2) is 34.8 Å². The predicted molar refractivity (Wildman–Crippen MR) is 47.3 cm³/mol. The van der Waals surface area contributed by atoms with E-state index in [-0.39, 0.29) is 5.71 Å². The van der Waals surface area contributed by atoms with Gasteiger partial charge in [-0.15, -0.1) is 5.10 Å². The van der Waals surface area contributed by atoms with Crippen molar-refractivity contribution < 1.29 is 4.79 Å². The van der Waals surface area contributed by atoms with Gasteiger partial charge in [-0.3, -0.25) is 15.1 Å². The molecule has 0 radical (unpaired) electrons. The number of aliphatic imine (C=N–C) groups is 1. The van der Waals surface area contributed by atoms with E-state index < -0.39 is 5.91 Å². The van der Waals surface area contributed by atoms with Gasteiger partial charge in [-0.25, -0.2) is 4.99 Å². The van der Waals surface area contributed by atoms with E-state index in [1.165, 1.54) is 6.08 Å². The lowest BCUT2D eigenvalue weighted by molar-refractivity contribution is -0.111. The minimum absolute atomic E-state index is 0.201. The fraction of sp³-hybridized carbons (Fsp3) is 0. The lowest BCUT2D eigenvalue weighted by Crippen LogP contribution is -2.32. The fourth-order valence-corrected chi connectivity index (χ4v) is 0.965. The molecule has 3 N–H and O–H groups in total. The van der Waals surface area contributed by atoms with Gasteiger partial charge in [0.15, 0.2) is 0 Å². The summed E-state index contributed by atoms with van der Waals surface area (Å²) in [5.74, 6) is -0.160. The Balaban J connectivity index is 2.32. The highest BCUT2D eigenvalue weighted by molar-refractivity contribution is 6.44. The average molecular weight is 177 g/mol. The Kier molecular flexibility index (Phi) is 1.59. The highest BCUT2D eigenvalue weighted by Crippen LogP contribution is 2.06. The van der Waals surface area contributed by atoms with Crippen molar-refractivity contribution in [1.29, 1.82) is 0 Å². The summed E-state index contributed by atoms with van der Waals surface area (Å²) in [7, 11) is 0. The van der Waals surface area contributed by atoms with E-state index in [9.17, 15) is 4.79 Å². The van der Waals surface area contributed by atoms with Crippen LogP contribution in [0.1, 0.15) is 0 Å². The third-order valence-corrected chi connectivity index (χ3v) is 1.57. The van der Waals surface area contributed by atoms with Crippen molar-refractivity contribution in [2.45, 2.75) is 0 Å². The Morgan fingerprint density at radius 1 is 1.54 bits per heavy atom. The van der Waals surface area contributed by atoms with Crippen molar-refractivity contribution in [3.05, 3.63) is 24.7 Å². The molecule has 0 fully saturated rings.